The number of benzene rings is 11. The van der Waals surface area contributed by atoms with E-state index in [1.807, 2.05) is 11.3 Å². The first kappa shape index (κ1) is 41.7. The summed E-state index contributed by atoms with van der Waals surface area (Å²) in [4.78, 5) is 2.57. The quantitative estimate of drug-likeness (QED) is 0.170. The van der Waals surface area contributed by atoms with Crippen molar-refractivity contribution < 1.29 is 0 Å². The van der Waals surface area contributed by atoms with Gasteiger partial charge < -0.3 is 4.90 Å². The Balaban J connectivity index is 1.02. The van der Waals surface area contributed by atoms with Gasteiger partial charge in [-0.05, 0) is 166 Å². The summed E-state index contributed by atoms with van der Waals surface area (Å²) in [6, 6.07) is 83.8. The molecule has 3 aliphatic carbocycles. The van der Waals surface area contributed by atoms with E-state index in [0.29, 0.717) is 0 Å². The van der Waals surface area contributed by atoms with Crippen LogP contribution >= 0.6 is 11.3 Å². The van der Waals surface area contributed by atoms with Gasteiger partial charge in [0.2, 0.25) is 0 Å². The Morgan fingerprint density at radius 3 is 1.69 bits per heavy atom. The lowest BCUT2D eigenvalue weighted by atomic mass is 9.70. The molecule has 11 aromatic carbocycles. The van der Waals surface area contributed by atoms with E-state index in [1.54, 1.807) is 0 Å². The Hall–Kier alpha value is -8.04. The van der Waals surface area contributed by atoms with Gasteiger partial charge in [-0.1, -0.05) is 192 Å². The van der Waals surface area contributed by atoms with Crippen LogP contribution in [-0.2, 0) is 16.2 Å². The number of hydrogen-bond donors (Lipinski definition) is 0. The topological polar surface area (TPSA) is 3.24 Å². The van der Waals surface area contributed by atoms with Crippen LogP contribution in [0.4, 0.5) is 17.1 Å². The Kier molecular flexibility index (Phi) is 8.55. The highest BCUT2D eigenvalue weighted by Crippen LogP contribution is 2.64. The van der Waals surface area contributed by atoms with Crippen molar-refractivity contribution in [2.75, 3.05) is 4.90 Å². The van der Waals surface area contributed by atoms with Crippen molar-refractivity contribution in [3.8, 4) is 44.5 Å². The molecule has 12 aromatic rings. The van der Waals surface area contributed by atoms with Gasteiger partial charge in [0.05, 0.1) is 11.1 Å². The standard InChI is InChI=1S/C70H51NS/c1-68(2,3)46-28-35-65-57(39-46)53-31-29-48(41-66(53)72-65)71(64-34-27-42-16-8-9-19-49(42)67(64)45-26-32-59-54(37-45)52-22-10-13-23-58(52)69(59,4)5)47-30-33-62-56(40-47)55-36-43-17-6-7-18-44(43)38-63(55)70(62)60-24-14-11-20-50(60)51-21-12-15-25-61(51)70/h6-41H,1-5H3. The Morgan fingerprint density at radius 2 is 0.944 bits per heavy atom. The van der Waals surface area contributed by atoms with Gasteiger partial charge in [0.15, 0.2) is 0 Å². The molecule has 1 spiro atoms. The minimum atomic E-state index is -0.463. The molecule has 3 aliphatic rings. The second-order valence-corrected chi connectivity index (χ2v) is 23.1. The molecule has 0 amide bonds. The van der Waals surface area contributed by atoms with E-state index in [9.17, 15) is 0 Å². The van der Waals surface area contributed by atoms with Gasteiger partial charge in [-0.25, -0.2) is 0 Å². The molecule has 1 aromatic heterocycles. The van der Waals surface area contributed by atoms with E-state index < -0.39 is 5.41 Å². The summed E-state index contributed by atoms with van der Waals surface area (Å²) in [5.41, 5.74) is 22.8. The summed E-state index contributed by atoms with van der Waals surface area (Å²) in [5.74, 6) is 0. The summed E-state index contributed by atoms with van der Waals surface area (Å²) < 4.78 is 2.60. The van der Waals surface area contributed by atoms with Crippen molar-refractivity contribution in [2.24, 2.45) is 0 Å². The van der Waals surface area contributed by atoms with E-state index >= 15 is 0 Å². The van der Waals surface area contributed by atoms with Crippen molar-refractivity contribution in [1.82, 2.24) is 0 Å². The van der Waals surface area contributed by atoms with Crippen molar-refractivity contribution in [3.05, 3.63) is 257 Å². The first-order valence-electron chi connectivity index (χ1n) is 25.5. The number of fused-ring (bicyclic) bond motifs is 18. The molecule has 0 N–H and O–H groups in total. The SMILES string of the molecule is CC(C)(C)c1ccc2sc3cc(N(c4ccc5c(c4)-c4cc6ccccc6cc4C54c5ccccc5-c5ccccc54)c4ccc5ccccc5c4-c4ccc5c(c4)-c4ccccc4C5(C)C)ccc3c2c1. The summed E-state index contributed by atoms with van der Waals surface area (Å²) in [6.45, 7) is 11.7. The number of nitrogens with zero attached hydrogens (tertiary/aromatic N) is 1. The molecule has 0 saturated carbocycles. The maximum Gasteiger partial charge on any atom is 0.0725 e. The summed E-state index contributed by atoms with van der Waals surface area (Å²) >= 11 is 1.90. The van der Waals surface area contributed by atoms with Crippen LogP contribution in [0.1, 0.15) is 73.6 Å². The van der Waals surface area contributed by atoms with Crippen molar-refractivity contribution in [2.45, 2.75) is 50.9 Å². The highest BCUT2D eigenvalue weighted by atomic mass is 32.1. The van der Waals surface area contributed by atoms with Gasteiger partial charge in [0, 0.05) is 42.5 Å². The zero-order chi connectivity index (χ0) is 48.3. The fourth-order valence-corrected chi connectivity index (χ4v) is 14.5. The first-order valence-corrected chi connectivity index (χ1v) is 26.3. The summed E-state index contributed by atoms with van der Waals surface area (Å²) in [5, 5.41) is 7.61. The second kappa shape index (κ2) is 14.8. The predicted octanol–water partition coefficient (Wildman–Crippen LogP) is 19.4. The van der Waals surface area contributed by atoms with E-state index in [4.69, 9.17) is 0 Å². The van der Waals surface area contributed by atoms with Crippen molar-refractivity contribution in [1.29, 1.82) is 0 Å². The molecule has 1 heterocycles. The number of thiophene rings is 1. The maximum absolute atomic E-state index is 2.57. The zero-order valence-corrected chi connectivity index (χ0v) is 42.0. The van der Waals surface area contributed by atoms with E-state index in [-0.39, 0.29) is 10.8 Å². The lowest BCUT2D eigenvalue weighted by Gasteiger charge is -2.32. The van der Waals surface area contributed by atoms with Crippen LogP contribution < -0.4 is 4.90 Å². The molecule has 0 aliphatic heterocycles. The van der Waals surface area contributed by atoms with E-state index in [2.05, 4.69) is 258 Å². The number of hydrogen-bond acceptors (Lipinski definition) is 2. The minimum absolute atomic E-state index is 0.0563. The Morgan fingerprint density at radius 1 is 0.375 bits per heavy atom. The molecule has 342 valence electrons. The molecule has 0 radical (unpaired) electrons. The van der Waals surface area contributed by atoms with Crippen LogP contribution in [0.3, 0.4) is 0 Å². The highest BCUT2D eigenvalue weighted by molar-refractivity contribution is 7.25. The van der Waals surface area contributed by atoms with Gasteiger partial charge >= 0.3 is 0 Å². The third-order valence-electron chi connectivity index (χ3n) is 16.8. The largest absolute Gasteiger partial charge is 0.310 e. The minimum Gasteiger partial charge on any atom is -0.310 e. The smallest absolute Gasteiger partial charge is 0.0725 e. The molecule has 1 nitrogen and oxygen atoms in total. The van der Waals surface area contributed by atoms with Crippen molar-refractivity contribution in [3.63, 3.8) is 0 Å². The fraction of sp³-hybridized carbons (Fsp3) is 0.114. The monoisotopic (exact) mass is 937 g/mol. The van der Waals surface area contributed by atoms with Crippen LogP contribution in [-0.4, -0.2) is 0 Å². The van der Waals surface area contributed by atoms with E-state index in [0.717, 1.165) is 17.1 Å². The van der Waals surface area contributed by atoms with Gasteiger partial charge in [0.25, 0.3) is 0 Å². The van der Waals surface area contributed by atoms with Gasteiger partial charge in [-0.2, -0.15) is 0 Å². The number of rotatable bonds is 4. The normalized spacial score (nSPS) is 14.4. The Bertz CT molecular complexity index is 4260. The average molecular weight is 938 g/mol. The molecule has 0 atom stereocenters. The van der Waals surface area contributed by atoms with Crippen LogP contribution in [0.15, 0.2) is 218 Å². The average Bonchev–Trinajstić information content (AvgIpc) is 4.09. The summed E-state index contributed by atoms with van der Waals surface area (Å²) in [7, 11) is 0. The molecular formula is C70H51NS. The highest BCUT2D eigenvalue weighted by Gasteiger charge is 2.52. The lowest BCUT2D eigenvalue weighted by Crippen LogP contribution is -2.25. The van der Waals surface area contributed by atoms with Crippen LogP contribution in [0.2, 0.25) is 0 Å². The molecule has 0 unspecified atom stereocenters. The van der Waals surface area contributed by atoms with E-state index in [1.165, 1.54) is 125 Å². The number of anilines is 3. The molecule has 0 saturated heterocycles. The molecule has 0 bridgehead atoms. The first-order chi connectivity index (χ1) is 35.1. The predicted molar refractivity (Wildman–Crippen MR) is 307 cm³/mol. The summed E-state index contributed by atoms with van der Waals surface area (Å²) in [6.07, 6.45) is 0. The molecule has 15 rings (SSSR count). The maximum atomic E-state index is 2.57. The van der Waals surface area contributed by atoms with Gasteiger partial charge in [-0.15, -0.1) is 11.3 Å². The van der Waals surface area contributed by atoms with Gasteiger partial charge in [0.1, 0.15) is 0 Å². The third-order valence-corrected chi connectivity index (χ3v) is 17.9. The van der Waals surface area contributed by atoms with Crippen LogP contribution in [0.25, 0.3) is 86.2 Å². The third kappa shape index (κ3) is 5.65. The molecule has 2 heteroatoms. The Labute approximate surface area is 425 Å². The molecular weight excluding hydrogens is 887 g/mol. The molecule has 0 fully saturated rings. The molecule has 72 heavy (non-hydrogen) atoms. The van der Waals surface area contributed by atoms with Crippen molar-refractivity contribution >= 4 is 70.1 Å². The van der Waals surface area contributed by atoms with Crippen LogP contribution in [0.5, 0.6) is 0 Å². The lowest BCUT2D eigenvalue weighted by molar-refractivity contribution is 0.591. The fourth-order valence-electron chi connectivity index (χ4n) is 13.4. The zero-order valence-electron chi connectivity index (χ0n) is 41.1. The van der Waals surface area contributed by atoms with Crippen LogP contribution in [0, 0.1) is 0 Å². The second-order valence-electron chi connectivity index (χ2n) is 22.0. The van der Waals surface area contributed by atoms with Gasteiger partial charge in [-0.3, -0.25) is 0 Å².